The Morgan fingerprint density at radius 2 is 1.74 bits per heavy atom. The molecule has 0 radical (unpaired) electrons. The molecule has 1 aromatic rings. The zero-order chi connectivity index (χ0) is 25.5. The van der Waals surface area contributed by atoms with E-state index in [4.69, 9.17) is 9.73 Å². The van der Waals surface area contributed by atoms with Crippen LogP contribution in [0.2, 0.25) is 0 Å². The number of Topliss-reactive ketones (excluding diaryl/α,β-unsaturated/α-hetero) is 1. The van der Waals surface area contributed by atoms with Crippen molar-refractivity contribution < 1.29 is 9.53 Å². The Balaban J connectivity index is 0.00000375. The molecule has 0 saturated carbocycles. The fourth-order valence-electron chi connectivity index (χ4n) is 3.93. The van der Waals surface area contributed by atoms with Gasteiger partial charge in [-0.2, -0.15) is 0 Å². The minimum atomic E-state index is 0. The van der Waals surface area contributed by atoms with Gasteiger partial charge in [0, 0.05) is 31.5 Å². The zero-order valence-electron chi connectivity index (χ0n) is 22.3. The predicted molar refractivity (Wildman–Crippen MR) is 155 cm³/mol. The molecule has 3 heteroatoms. The van der Waals surface area contributed by atoms with E-state index in [0.717, 1.165) is 65.5 Å². The van der Waals surface area contributed by atoms with E-state index in [1.807, 2.05) is 63.4 Å². The molecule has 0 bridgehead atoms. The van der Waals surface area contributed by atoms with Crippen molar-refractivity contribution >= 4 is 17.6 Å². The summed E-state index contributed by atoms with van der Waals surface area (Å²) in [5.74, 6) is 1.51. The molecule has 0 N–H and O–H groups in total. The van der Waals surface area contributed by atoms with Gasteiger partial charge < -0.3 is 4.74 Å². The van der Waals surface area contributed by atoms with E-state index in [2.05, 4.69) is 27.0 Å². The molecule has 1 aromatic carbocycles. The van der Waals surface area contributed by atoms with Crippen LogP contribution in [0, 0.1) is 11.8 Å². The molecule has 1 aliphatic heterocycles. The maximum Gasteiger partial charge on any atom is 0.156 e. The molecule has 0 spiro atoms. The molecule has 1 heterocycles. The zero-order valence-corrected chi connectivity index (χ0v) is 22.3. The van der Waals surface area contributed by atoms with Gasteiger partial charge in [-0.1, -0.05) is 71.7 Å². The van der Waals surface area contributed by atoms with Gasteiger partial charge >= 0.3 is 0 Å². The second-order valence-electron chi connectivity index (χ2n) is 9.04. The van der Waals surface area contributed by atoms with Crippen LogP contribution in [0.15, 0.2) is 71.4 Å². The average molecular weight is 480 g/mol. The number of carbonyl (C=O) groups is 1. The first-order chi connectivity index (χ1) is 16.3. The lowest BCUT2D eigenvalue weighted by Crippen LogP contribution is -2.22. The van der Waals surface area contributed by atoms with Gasteiger partial charge in [-0.05, 0) is 92.2 Å². The molecular weight excluding hydrogens is 430 g/mol. The van der Waals surface area contributed by atoms with Gasteiger partial charge in [0.25, 0.3) is 0 Å². The molecule has 1 fully saturated rings. The number of ether oxygens (including phenoxy) is 1. The van der Waals surface area contributed by atoms with Crippen LogP contribution in [0.5, 0.6) is 0 Å². The van der Waals surface area contributed by atoms with Crippen LogP contribution in [0.25, 0.3) is 6.08 Å². The fourth-order valence-corrected chi connectivity index (χ4v) is 3.93. The van der Waals surface area contributed by atoms with Crippen molar-refractivity contribution in [1.82, 2.24) is 0 Å². The van der Waals surface area contributed by atoms with E-state index in [1.165, 1.54) is 12.8 Å². The Kier molecular flexibility index (Phi) is 16.6. The van der Waals surface area contributed by atoms with Gasteiger partial charge in [-0.15, -0.1) is 0 Å². The number of allylic oxidation sites excluding steroid dienone is 4. The number of hydrogen-bond acceptors (Lipinski definition) is 3. The number of nitrogens with zero attached hydrogens (tertiary/aromatic N) is 1. The first-order valence-electron chi connectivity index (χ1n) is 12.7. The molecule has 194 valence electrons. The third kappa shape index (κ3) is 12.1. The predicted octanol–water partition coefficient (Wildman–Crippen LogP) is 8.81. The molecule has 0 aromatic heterocycles. The lowest BCUT2D eigenvalue weighted by Gasteiger charge is -2.27. The second-order valence-corrected chi connectivity index (χ2v) is 9.04. The minimum absolute atomic E-state index is 0. The summed E-state index contributed by atoms with van der Waals surface area (Å²) in [5.41, 5.74) is 5.83. The normalized spacial score (nSPS) is 15.9. The Labute approximate surface area is 215 Å². The summed E-state index contributed by atoms with van der Waals surface area (Å²) in [6.07, 6.45) is 10.7. The highest BCUT2D eigenvalue weighted by Crippen LogP contribution is 2.27. The highest BCUT2D eigenvalue weighted by Gasteiger charge is 2.20. The first-order valence-corrected chi connectivity index (χ1v) is 12.7. The van der Waals surface area contributed by atoms with E-state index >= 15 is 0 Å². The summed E-state index contributed by atoms with van der Waals surface area (Å²) in [6, 6.07) is 8.12. The van der Waals surface area contributed by atoms with Crippen molar-refractivity contribution in [1.29, 1.82) is 0 Å². The number of rotatable bonds is 11. The van der Waals surface area contributed by atoms with Crippen LogP contribution in [-0.4, -0.2) is 24.7 Å². The van der Waals surface area contributed by atoms with Gasteiger partial charge in [-0.25, -0.2) is 0 Å². The average Bonchev–Trinajstić information content (AvgIpc) is 2.86. The van der Waals surface area contributed by atoms with Gasteiger partial charge in [0.1, 0.15) is 0 Å². The van der Waals surface area contributed by atoms with Crippen molar-refractivity contribution in [2.75, 3.05) is 13.2 Å². The molecule has 35 heavy (non-hydrogen) atoms. The van der Waals surface area contributed by atoms with Crippen LogP contribution in [-0.2, 0) is 16.0 Å². The minimum Gasteiger partial charge on any atom is -0.381 e. The summed E-state index contributed by atoms with van der Waals surface area (Å²) in [4.78, 5) is 17.0. The quantitative estimate of drug-likeness (QED) is 0.181. The van der Waals surface area contributed by atoms with E-state index in [1.54, 1.807) is 6.92 Å². The Morgan fingerprint density at radius 1 is 1.14 bits per heavy atom. The van der Waals surface area contributed by atoms with Crippen LogP contribution >= 0.6 is 0 Å². The number of carbonyl (C=O) groups excluding carboxylic acids is 1. The SMILES string of the molecule is C.C=Cc1ccc(C/C(=C/C(=C/N=C(C)CCC(C)C2CCOCC2)C(=C)C)C(C)=O)cc1.CC. The number of benzene rings is 1. The van der Waals surface area contributed by atoms with E-state index in [9.17, 15) is 4.79 Å². The van der Waals surface area contributed by atoms with E-state index in [-0.39, 0.29) is 13.2 Å². The maximum atomic E-state index is 12.3. The molecule has 1 atom stereocenters. The molecule has 0 aliphatic carbocycles. The highest BCUT2D eigenvalue weighted by molar-refractivity contribution is 5.94. The van der Waals surface area contributed by atoms with E-state index in [0.29, 0.717) is 12.3 Å². The van der Waals surface area contributed by atoms with E-state index < -0.39 is 0 Å². The summed E-state index contributed by atoms with van der Waals surface area (Å²) < 4.78 is 5.49. The van der Waals surface area contributed by atoms with Gasteiger partial charge in [0.05, 0.1) is 0 Å². The van der Waals surface area contributed by atoms with Crippen LogP contribution in [0.3, 0.4) is 0 Å². The fraction of sp³-hybridized carbons (Fsp3) is 0.500. The lowest BCUT2D eigenvalue weighted by atomic mass is 9.84. The lowest BCUT2D eigenvalue weighted by molar-refractivity contribution is -0.113. The third-order valence-corrected chi connectivity index (χ3v) is 6.34. The Bertz CT molecular complexity index is 881. The summed E-state index contributed by atoms with van der Waals surface area (Å²) >= 11 is 0. The second kappa shape index (κ2) is 17.8. The van der Waals surface area contributed by atoms with Crippen molar-refractivity contribution in [3.8, 4) is 0 Å². The Morgan fingerprint density at radius 3 is 2.26 bits per heavy atom. The van der Waals surface area contributed by atoms with Crippen LogP contribution in [0.4, 0.5) is 0 Å². The third-order valence-electron chi connectivity index (χ3n) is 6.34. The van der Waals surface area contributed by atoms with Crippen molar-refractivity contribution in [2.45, 2.75) is 81.1 Å². The maximum absolute atomic E-state index is 12.3. The Hall–Kier alpha value is -2.52. The summed E-state index contributed by atoms with van der Waals surface area (Å²) in [6.45, 7) is 21.7. The van der Waals surface area contributed by atoms with Crippen molar-refractivity contribution in [3.63, 3.8) is 0 Å². The number of hydrogen-bond donors (Lipinski definition) is 0. The number of ketones is 1. The van der Waals surface area contributed by atoms with Gasteiger partial charge in [0.2, 0.25) is 0 Å². The molecule has 2 rings (SSSR count). The first kappa shape index (κ1) is 32.5. The largest absolute Gasteiger partial charge is 0.381 e. The summed E-state index contributed by atoms with van der Waals surface area (Å²) in [5, 5.41) is 0. The molecule has 0 amide bonds. The topological polar surface area (TPSA) is 38.7 Å². The molecule has 1 saturated heterocycles. The van der Waals surface area contributed by atoms with Crippen LogP contribution in [0.1, 0.15) is 85.8 Å². The molecule has 1 aliphatic rings. The number of aliphatic imine (C=N–C) groups is 1. The highest BCUT2D eigenvalue weighted by atomic mass is 16.5. The van der Waals surface area contributed by atoms with Crippen LogP contribution < -0.4 is 0 Å². The van der Waals surface area contributed by atoms with Crippen molar-refractivity contribution in [3.05, 3.63) is 77.5 Å². The molecule has 3 nitrogen and oxygen atoms in total. The van der Waals surface area contributed by atoms with Crippen molar-refractivity contribution in [2.24, 2.45) is 16.8 Å². The standard InChI is InChI=1S/C29H39NO2.C2H6.CH4/c1-7-25-10-12-26(13-11-25)18-28(24(6)31)19-29(21(2)3)20-30-23(5)9-8-22(4)27-14-16-32-17-15-27;1-2;/h7,10-13,19-20,22,27H,1-2,8-9,14-18H2,3-6H3;1-2H3;1H4/b28-19-,29-20-,30-23?;;. The smallest absolute Gasteiger partial charge is 0.156 e. The molecule has 1 unspecified atom stereocenters. The summed E-state index contributed by atoms with van der Waals surface area (Å²) in [7, 11) is 0. The monoisotopic (exact) mass is 479 g/mol. The molecular formula is C32H49NO2. The van der Waals surface area contributed by atoms with Gasteiger partial charge in [-0.3, -0.25) is 9.79 Å². The van der Waals surface area contributed by atoms with Gasteiger partial charge in [0.15, 0.2) is 5.78 Å².